The Morgan fingerprint density at radius 1 is 1.00 bits per heavy atom. The number of amides is 2. The Hall–Kier alpha value is -2.51. The van der Waals surface area contributed by atoms with Crippen LogP contribution in [0.2, 0.25) is 10.0 Å². The number of hydrogen-bond acceptors (Lipinski definition) is 2. The Kier molecular flexibility index (Phi) is 6.51. The lowest BCUT2D eigenvalue weighted by molar-refractivity contribution is -0.137. The van der Waals surface area contributed by atoms with Gasteiger partial charge in [-0.05, 0) is 48.0 Å². The van der Waals surface area contributed by atoms with Crippen LogP contribution in [0.5, 0.6) is 0 Å². The summed E-state index contributed by atoms with van der Waals surface area (Å²) in [6.45, 7) is 1.34. The summed E-state index contributed by atoms with van der Waals surface area (Å²) in [5.41, 5.74) is -0.0929. The van der Waals surface area contributed by atoms with Gasteiger partial charge in [0, 0.05) is 23.7 Å². The molecular formula is C18H13Cl2F3N2O2. The van der Waals surface area contributed by atoms with Gasteiger partial charge in [0.1, 0.15) is 0 Å². The molecule has 27 heavy (non-hydrogen) atoms. The first kappa shape index (κ1) is 20.8. The maximum absolute atomic E-state index is 12.8. The minimum Gasteiger partial charge on any atom is -0.326 e. The molecule has 0 aliphatic heterocycles. The molecule has 0 spiro atoms. The molecule has 0 saturated heterocycles. The van der Waals surface area contributed by atoms with Gasteiger partial charge in [-0.3, -0.25) is 9.59 Å². The molecule has 2 aromatic rings. The van der Waals surface area contributed by atoms with Gasteiger partial charge < -0.3 is 10.6 Å². The highest BCUT2D eigenvalue weighted by Gasteiger charge is 2.30. The second-order valence-corrected chi connectivity index (χ2v) is 6.25. The molecular weight excluding hydrogens is 404 g/mol. The molecule has 0 saturated carbocycles. The first-order chi connectivity index (χ1) is 12.6. The normalized spacial score (nSPS) is 11.5. The fraction of sp³-hybridized carbons (Fsp3) is 0.111. The highest BCUT2D eigenvalue weighted by molar-refractivity contribution is 6.34. The van der Waals surface area contributed by atoms with Crippen LogP contribution in [-0.2, 0) is 15.8 Å². The molecule has 0 heterocycles. The second kappa shape index (κ2) is 8.45. The van der Waals surface area contributed by atoms with Crippen LogP contribution in [0, 0.1) is 0 Å². The zero-order valence-corrected chi connectivity index (χ0v) is 15.3. The molecule has 0 bridgehead atoms. The molecule has 0 radical (unpaired) electrons. The summed E-state index contributed by atoms with van der Waals surface area (Å²) in [7, 11) is 0. The maximum Gasteiger partial charge on any atom is 0.416 e. The molecule has 0 aliphatic carbocycles. The Bertz CT molecular complexity index is 912. The van der Waals surface area contributed by atoms with Gasteiger partial charge in [-0.25, -0.2) is 0 Å². The summed E-state index contributed by atoms with van der Waals surface area (Å²) < 4.78 is 38.3. The number of nitrogens with one attached hydrogen (secondary N) is 2. The predicted octanol–water partition coefficient (Wildman–Crippen LogP) is 5.62. The quantitative estimate of drug-likeness (QED) is 0.635. The number of benzene rings is 2. The van der Waals surface area contributed by atoms with Gasteiger partial charge in [0.25, 0.3) is 0 Å². The standard InChI is InChI=1S/C18H13Cl2F3N2O2/c1-10(26)24-13-4-6-16(15(20)9-13)25-17(27)7-2-11-8-12(18(21,22)23)3-5-14(11)19/h2-9H,1H3,(H,24,26)(H,25,27)/b7-2+. The molecule has 0 aliphatic rings. The number of anilines is 2. The zero-order chi connectivity index (χ0) is 20.2. The van der Waals surface area contributed by atoms with Crippen molar-refractivity contribution in [2.45, 2.75) is 13.1 Å². The summed E-state index contributed by atoms with van der Waals surface area (Å²) in [6.07, 6.45) is -2.30. The zero-order valence-electron chi connectivity index (χ0n) is 13.8. The predicted molar refractivity (Wildman–Crippen MR) is 99.9 cm³/mol. The molecule has 142 valence electrons. The Morgan fingerprint density at radius 2 is 1.70 bits per heavy atom. The number of hydrogen-bond donors (Lipinski definition) is 2. The average molecular weight is 417 g/mol. The van der Waals surface area contributed by atoms with Crippen LogP contribution >= 0.6 is 23.2 Å². The van der Waals surface area contributed by atoms with Gasteiger partial charge in [0.05, 0.1) is 16.3 Å². The fourth-order valence-corrected chi connectivity index (χ4v) is 2.49. The molecule has 2 N–H and O–H groups in total. The molecule has 2 amide bonds. The van der Waals surface area contributed by atoms with Gasteiger partial charge in [-0.1, -0.05) is 23.2 Å². The molecule has 2 aromatic carbocycles. The summed E-state index contributed by atoms with van der Waals surface area (Å²) in [5, 5.41) is 5.28. The lowest BCUT2D eigenvalue weighted by Gasteiger charge is -2.09. The van der Waals surface area contributed by atoms with Crippen molar-refractivity contribution in [1.82, 2.24) is 0 Å². The van der Waals surface area contributed by atoms with Crippen LogP contribution < -0.4 is 10.6 Å². The van der Waals surface area contributed by atoms with E-state index >= 15 is 0 Å². The van der Waals surface area contributed by atoms with Crippen molar-refractivity contribution in [2.24, 2.45) is 0 Å². The summed E-state index contributed by atoms with van der Waals surface area (Å²) in [5.74, 6) is -0.888. The molecule has 0 fully saturated rings. The van der Waals surface area contributed by atoms with Crippen molar-refractivity contribution < 1.29 is 22.8 Å². The Labute approximate surface area is 163 Å². The monoisotopic (exact) mass is 416 g/mol. The lowest BCUT2D eigenvalue weighted by Crippen LogP contribution is -2.09. The van der Waals surface area contributed by atoms with Gasteiger partial charge in [0.15, 0.2) is 0 Å². The van der Waals surface area contributed by atoms with Gasteiger partial charge >= 0.3 is 6.18 Å². The molecule has 0 aromatic heterocycles. The van der Waals surface area contributed by atoms with E-state index in [4.69, 9.17) is 23.2 Å². The SMILES string of the molecule is CC(=O)Nc1ccc(NC(=O)/C=C/c2cc(C(F)(F)F)ccc2Cl)c(Cl)c1. The second-order valence-electron chi connectivity index (χ2n) is 5.43. The fourth-order valence-electron chi connectivity index (χ4n) is 2.09. The summed E-state index contributed by atoms with van der Waals surface area (Å²) in [6, 6.07) is 7.29. The van der Waals surface area contributed by atoms with E-state index in [1.807, 2.05) is 0 Å². The van der Waals surface area contributed by atoms with E-state index in [0.29, 0.717) is 5.69 Å². The highest BCUT2D eigenvalue weighted by Crippen LogP contribution is 2.32. The van der Waals surface area contributed by atoms with Crippen LogP contribution in [0.3, 0.4) is 0 Å². The van der Waals surface area contributed by atoms with Crippen molar-refractivity contribution in [1.29, 1.82) is 0 Å². The van der Waals surface area contributed by atoms with Crippen molar-refractivity contribution in [3.05, 3.63) is 63.6 Å². The smallest absolute Gasteiger partial charge is 0.326 e. The Morgan fingerprint density at radius 3 is 2.30 bits per heavy atom. The van der Waals surface area contributed by atoms with Gasteiger partial charge in [0.2, 0.25) is 11.8 Å². The summed E-state index contributed by atoms with van der Waals surface area (Å²) >= 11 is 11.9. The molecule has 0 atom stereocenters. The molecule has 0 unspecified atom stereocenters. The van der Waals surface area contributed by atoms with Crippen LogP contribution in [0.25, 0.3) is 6.08 Å². The highest BCUT2D eigenvalue weighted by atomic mass is 35.5. The van der Waals surface area contributed by atoms with E-state index in [1.165, 1.54) is 31.2 Å². The third kappa shape index (κ3) is 6.01. The van der Waals surface area contributed by atoms with Crippen LogP contribution in [-0.4, -0.2) is 11.8 Å². The lowest BCUT2D eigenvalue weighted by atomic mass is 10.1. The first-order valence-electron chi connectivity index (χ1n) is 7.49. The number of carbonyl (C=O) groups is 2. The third-order valence-corrected chi connectivity index (χ3v) is 3.94. The average Bonchev–Trinajstić information content (AvgIpc) is 2.55. The van der Waals surface area contributed by atoms with Gasteiger partial charge in [-0.15, -0.1) is 0 Å². The van der Waals surface area contributed by atoms with Crippen molar-refractivity contribution in [3.63, 3.8) is 0 Å². The van der Waals surface area contributed by atoms with Crippen LogP contribution in [0.1, 0.15) is 18.1 Å². The topological polar surface area (TPSA) is 58.2 Å². The largest absolute Gasteiger partial charge is 0.416 e. The molecule has 2 rings (SSSR count). The number of halogens is 5. The maximum atomic E-state index is 12.8. The van der Waals surface area contributed by atoms with Crippen molar-refractivity contribution in [3.8, 4) is 0 Å². The van der Waals surface area contributed by atoms with E-state index in [1.54, 1.807) is 0 Å². The first-order valence-corrected chi connectivity index (χ1v) is 8.25. The van der Waals surface area contributed by atoms with E-state index < -0.39 is 17.6 Å². The third-order valence-electron chi connectivity index (χ3n) is 3.28. The molecule has 9 heteroatoms. The van der Waals surface area contributed by atoms with E-state index in [2.05, 4.69) is 10.6 Å². The summed E-state index contributed by atoms with van der Waals surface area (Å²) in [4.78, 5) is 23.0. The van der Waals surface area contributed by atoms with Crippen LogP contribution in [0.15, 0.2) is 42.5 Å². The number of carbonyl (C=O) groups excluding carboxylic acids is 2. The Balaban J connectivity index is 2.13. The van der Waals surface area contributed by atoms with Crippen molar-refractivity contribution in [2.75, 3.05) is 10.6 Å². The van der Waals surface area contributed by atoms with E-state index in [-0.39, 0.29) is 27.2 Å². The number of alkyl halides is 3. The van der Waals surface area contributed by atoms with E-state index in [9.17, 15) is 22.8 Å². The number of rotatable bonds is 4. The van der Waals surface area contributed by atoms with E-state index in [0.717, 1.165) is 24.3 Å². The van der Waals surface area contributed by atoms with Gasteiger partial charge in [-0.2, -0.15) is 13.2 Å². The minimum atomic E-state index is -4.52. The molecule has 4 nitrogen and oxygen atoms in total. The van der Waals surface area contributed by atoms with Crippen LogP contribution in [0.4, 0.5) is 24.5 Å². The minimum absolute atomic E-state index is 0.0498. The van der Waals surface area contributed by atoms with Crippen molar-refractivity contribution >= 4 is 52.5 Å².